The molecule has 3 rings (SSSR count). The molecule has 37 heavy (non-hydrogen) atoms. The molecule has 0 radical (unpaired) electrons. The Bertz CT molecular complexity index is 1050. The maximum absolute atomic E-state index is 10.6. The number of fused-ring (bicyclic) bond motifs is 1. The van der Waals surface area contributed by atoms with E-state index in [1.54, 1.807) is 0 Å². The number of aromatic nitrogens is 2. The van der Waals surface area contributed by atoms with E-state index in [0.29, 0.717) is 5.92 Å². The van der Waals surface area contributed by atoms with Crippen molar-refractivity contribution in [2.24, 2.45) is 5.92 Å². The summed E-state index contributed by atoms with van der Waals surface area (Å²) in [5, 5.41) is 23.3. The topological polar surface area (TPSA) is 123 Å². The second-order valence-electron chi connectivity index (χ2n) is 8.21. The molecule has 15 heteroatoms. The van der Waals surface area contributed by atoms with Crippen LogP contribution in [0.4, 0.5) is 26.3 Å². The molecule has 2 aromatic rings. The van der Waals surface area contributed by atoms with Crippen molar-refractivity contribution in [3.05, 3.63) is 53.6 Å². The second-order valence-corrected chi connectivity index (χ2v) is 8.21. The zero-order valence-corrected chi connectivity index (χ0v) is 19.8. The fraction of sp³-hybridized carbons (Fsp3) is 0.455. The quantitative estimate of drug-likeness (QED) is 0.571. The third-order valence-corrected chi connectivity index (χ3v) is 4.71. The van der Waals surface area contributed by atoms with E-state index in [0.717, 1.165) is 44.1 Å². The Labute approximate surface area is 208 Å². The summed E-state index contributed by atoms with van der Waals surface area (Å²) >= 11 is 0. The van der Waals surface area contributed by atoms with Gasteiger partial charge in [0.05, 0.1) is 18.2 Å². The second kappa shape index (κ2) is 13.6. The SMILES string of the molecule is CN(C)CC1CN(Cc2cccc(C#N)c2)Cc2nccn2C1.O=C(O)C(F)(F)F.O=C(O)C(F)(F)F. The van der Waals surface area contributed by atoms with Gasteiger partial charge < -0.3 is 19.7 Å². The van der Waals surface area contributed by atoms with Gasteiger partial charge in [0.25, 0.3) is 0 Å². The molecule has 0 amide bonds. The number of aliphatic carboxylic acids is 2. The van der Waals surface area contributed by atoms with Crippen LogP contribution in [0.1, 0.15) is 17.0 Å². The average molecular weight is 537 g/mol. The first-order chi connectivity index (χ1) is 17.0. The molecular formula is C22H25F6N5O4. The molecule has 1 atom stereocenters. The average Bonchev–Trinajstić information content (AvgIpc) is 3.12. The molecular weight excluding hydrogens is 512 g/mol. The van der Waals surface area contributed by atoms with E-state index in [2.05, 4.69) is 51.8 Å². The Kier molecular flexibility index (Phi) is 11.5. The Morgan fingerprint density at radius 1 is 1.11 bits per heavy atom. The lowest BCUT2D eigenvalue weighted by atomic mass is 10.1. The molecule has 2 N–H and O–H groups in total. The van der Waals surface area contributed by atoms with Crippen molar-refractivity contribution in [1.29, 1.82) is 5.26 Å². The van der Waals surface area contributed by atoms with Crippen molar-refractivity contribution < 1.29 is 46.1 Å². The van der Waals surface area contributed by atoms with Crippen molar-refractivity contribution in [2.75, 3.05) is 27.2 Å². The van der Waals surface area contributed by atoms with E-state index < -0.39 is 24.3 Å². The molecule has 0 fully saturated rings. The Morgan fingerprint density at radius 2 is 1.68 bits per heavy atom. The van der Waals surface area contributed by atoms with Crippen molar-refractivity contribution >= 4 is 11.9 Å². The third kappa shape index (κ3) is 11.8. The molecule has 0 aliphatic carbocycles. The van der Waals surface area contributed by atoms with Crippen molar-refractivity contribution in [2.45, 2.75) is 32.0 Å². The van der Waals surface area contributed by atoms with Crippen molar-refractivity contribution in [3.63, 3.8) is 0 Å². The summed E-state index contributed by atoms with van der Waals surface area (Å²) in [4.78, 5) is 27.0. The van der Waals surface area contributed by atoms with Crippen molar-refractivity contribution in [3.8, 4) is 6.07 Å². The Balaban J connectivity index is 0.000000404. The van der Waals surface area contributed by atoms with Crippen LogP contribution in [0, 0.1) is 17.2 Å². The normalized spacial score (nSPS) is 15.7. The van der Waals surface area contributed by atoms with Crippen LogP contribution in [0.25, 0.3) is 0 Å². The van der Waals surface area contributed by atoms with E-state index in [1.807, 2.05) is 24.4 Å². The smallest absolute Gasteiger partial charge is 0.475 e. The summed E-state index contributed by atoms with van der Waals surface area (Å²) in [5.74, 6) is -3.82. The molecule has 1 aliphatic rings. The standard InChI is InChI=1S/C18H23N5.2C2HF3O2/c1-21(2)10-17-12-22(14-18-20-6-7-23(18)13-17)11-16-5-3-4-15(8-16)9-19;2*3-2(4,5)1(6)7/h3-8,17H,10-14H2,1-2H3;2*(H,6,7). The van der Waals surface area contributed by atoms with Gasteiger partial charge in [-0.15, -0.1) is 0 Å². The first-order valence-electron chi connectivity index (χ1n) is 10.5. The number of hydrogen-bond acceptors (Lipinski definition) is 6. The maximum Gasteiger partial charge on any atom is 0.490 e. The first kappa shape index (κ1) is 31.4. The number of nitrogens with zero attached hydrogens (tertiary/aromatic N) is 5. The van der Waals surface area contributed by atoms with Crippen LogP contribution < -0.4 is 0 Å². The lowest BCUT2D eigenvalue weighted by molar-refractivity contribution is -0.193. The summed E-state index contributed by atoms with van der Waals surface area (Å²) in [6.45, 7) is 4.83. The van der Waals surface area contributed by atoms with Gasteiger partial charge in [0.1, 0.15) is 5.82 Å². The number of carbonyl (C=O) groups is 2. The molecule has 9 nitrogen and oxygen atoms in total. The van der Waals surface area contributed by atoms with E-state index in [4.69, 9.17) is 25.1 Å². The van der Waals surface area contributed by atoms with E-state index in [-0.39, 0.29) is 0 Å². The van der Waals surface area contributed by atoms with Gasteiger partial charge in [-0.3, -0.25) is 4.90 Å². The lowest BCUT2D eigenvalue weighted by Gasteiger charge is -2.25. The number of carboxylic acids is 2. The number of hydrogen-bond donors (Lipinski definition) is 2. The number of benzene rings is 1. The summed E-state index contributed by atoms with van der Waals surface area (Å²) in [7, 11) is 4.25. The molecule has 1 aromatic heterocycles. The van der Waals surface area contributed by atoms with Gasteiger partial charge in [0, 0.05) is 44.5 Å². The van der Waals surface area contributed by atoms with Crippen molar-refractivity contribution in [1.82, 2.24) is 19.4 Å². The fourth-order valence-corrected chi connectivity index (χ4v) is 3.37. The molecule has 204 valence electrons. The Morgan fingerprint density at radius 3 is 2.16 bits per heavy atom. The number of halogens is 6. The summed E-state index contributed by atoms with van der Waals surface area (Å²) < 4.78 is 65.7. The first-order valence-corrected chi connectivity index (χ1v) is 10.5. The molecule has 1 aliphatic heterocycles. The van der Waals surface area contributed by atoms with Crippen LogP contribution in [-0.2, 0) is 29.2 Å². The van der Waals surface area contributed by atoms with E-state index >= 15 is 0 Å². The molecule has 1 unspecified atom stereocenters. The molecule has 0 bridgehead atoms. The largest absolute Gasteiger partial charge is 0.490 e. The summed E-state index contributed by atoms with van der Waals surface area (Å²) in [6.07, 6.45) is -6.19. The van der Waals surface area contributed by atoms with Gasteiger partial charge >= 0.3 is 24.3 Å². The van der Waals surface area contributed by atoms with Gasteiger partial charge in [-0.05, 0) is 31.8 Å². The zero-order chi connectivity index (χ0) is 28.4. The molecule has 0 saturated carbocycles. The van der Waals surface area contributed by atoms with E-state index in [1.165, 1.54) is 5.56 Å². The van der Waals surface area contributed by atoms with Gasteiger partial charge in [-0.25, -0.2) is 14.6 Å². The highest BCUT2D eigenvalue weighted by Gasteiger charge is 2.38. The minimum atomic E-state index is -5.08. The van der Waals surface area contributed by atoms with E-state index in [9.17, 15) is 26.3 Å². The van der Waals surface area contributed by atoms with Crippen LogP contribution in [0.15, 0.2) is 36.7 Å². The monoisotopic (exact) mass is 537 g/mol. The molecule has 0 saturated heterocycles. The van der Waals surface area contributed by atoms with Gasteiger partial charge in [0.2, 0.25) is 0 Å². The van der Waals surface area contributed by atoms with Crippen LogP contribution in [0.3, 0.4) is 0 Å². The molecule has 1 aromatic carbocycles. The number of alkyl halides is 6. The summed E-state index contributed by atoms with van der Waals surface area (Å²) in [5.41, 5.74) is 1.91. The van der Waals surface area contributed by atoms with Crippen LogP contribution >= 0.6 is 0 Å². The lowest BCUT2D eigenvalue weighted by Crippen LogP contribution is -2.33. The van der Waals surface area contributed by atoms with Crippen LogP contribution in [0.2, 0.25) is 0 Å². The minimum absolute atomic E-state index is 0.569. The van der Waals surface area contributed by atoms with Crippen LogP contribution in [0.5, 0.6) is 0 Å². The zero-order valence-electron chi connectivity index (χ0n) is 19.8. The molecule has 2 heterocycles. The predicted octanol–water partition coefficient (Wildman–Crippen LogP) is 3.21. The number of imidazole rings is 1. The molecule has 0 spiro atoms. The number of carboxylic acid groups (broad SMARTS) is 2. The van der Waals surface area contributed by atoms with Crippen LogP contribution in [-0.4, -0.2) is 81.0 Å². The summed E-state index contributed by atoms with van der Waals surface area (Å²) in [6, 6.07) is 10.1. The highest BCUT2D eigenvalue weighted by atomic mass is 19.4. The van der Waals surface area contributed by atoms with Gasteiger partial charge in [0.15, 0.2) is 0 Å². The van der Waals surface area contributed by atoms with Gasteiger partial charge in [-0.2, -0.15) is 31.6 Å². The highest BCUT2D eigenvalue weighted by molar-refractivity contribution is 5.73. The number of rotatable bonds is 4. The third-order valence-electron chi connectivity index (χ3n) is 4.71. The van der Waals surface area contributed by atoms with Gasteiger partial charge in [-0.1, -0.05) is 12.1 Å². The maximum atomic E-state index is 10.6. The number of nitriles is 1. The minimum Gasteiger partial charge on any atom is -0.475 e. The Hall–Kier alpha value is -3.64. The fourth-order valence-electron chi connectivity index (χ4n) is 3.37. The predicted molar refractivity (Wildman–Crippen MR) is 117 cm³/mol. The highest BCUT2D eigenvalue weighted by Crippen LogP contribution is 2.19.